The van der Waals surface area contributed by atoms with E-state index in [-0.39, 0.29) is 12.1 Å². The molecule has 0 fully saturated rings. The van der Waals surface area contributed by atoms with E-state index in [0.29, 0.717) is 5.56 Å². The smallest absolute Gasteiger partial charge is 0.320 e. The Morgan fingerprint density at radius 2 is 1.57 bits per heavy atom. The molecule has 1 aromatic carbocycles. The molecule has 1 N–H and O–H groups in total. The number of hydrogen-bond donors (Lipinski definition) is 1. The van der Waals surface area contributed by atoms with Crippen LogP contribution < -0.4 is 5.32 Å². The fraction of sp³-hybridized carbons (Fsp3) is 0.417. The molecule has 1 amide bonds. The molecule has 0 saturated carbocycles. The lowest BCUT2D eigenvalue weighted by molar-refractivity contribution is -0.343. The second-order valence-electron chi connectivity index (χ2n) is 4.11. The second-order valence-corrected chi connectivity index (χ2v) is 4.11. The predicted molar refractivity (Wildman–Crippen MR) is 60.4 cm³/mol. The Kier molecular flexibility index (Phi) is 4.54. The van der Waals surface area contributed by atoms with E-state index >= 15 is 0 Å². The summed E-state index contributed by atoms with van der Waals surface area (Å²) in [6.07, 6.45) is -6.28. The number of benzene rings is 1. The molecule has 0 aliphatic rings. The van der Waals surface area contributed by atoms with Crippen LogP contribution in [0.5, 0.6) is 0 Å². The van der Waals surface area contributed by atoms with Gasteiger partial charge in [0.25, 0.3) is 0 Å². The molecule has 0 radical (unpaired) electrons. The molecule has 2 nitrogen and oxygen atoms in total. The number of carbonyl (C=O) groups is 1. The van der Waals surface area contributed by atoms with Gasteiger partial charge in [-0.3, -0.25) is 4.79 Å². The summed E-state index contributed by atoms with van der Waals surface area (Å²) in [6, 6.07) is 5.35. The first-order valence-electron chi connectivity index (χ1n) is 5.67. The second kappa shape index (κ2) is 5.53. The molecule has 0 aliphatic heterocycles. The first kappa shape index (κ1) is 17.3. The average molecular weight is 317 g/mol. The van der Waals surface area contributed by atoms with Gasteiger partial charge in [-0.1, -0.05) is 25.1 Å². The molecule has 0 saturated heterocycles. The van der Waals surface area contributed by atoms with Crippen LogP contribution in [-0.2, 0) is 11.2 Å². The lowest BCUT2D eigenvalue weighted by atomic mass is 10.1. The SMILES string of the molecule is CCc1ccccc1NC(=O)C(F)(F)C(F)(F)C(F)(F)F. The minimum atomic E-state index is -6.54. The molecular weight excluding hydrogens is 307 g/mol. The average Bonchev–Trinajstić information content (AvgIpc) is 2.37. The maximum atomic E-state index is 13.1. The van der Waals surface area contributed by atoms with Crippen LogP contribution in [0.15, 0.2) is 24.3 Å². The normalized spacial score (nSPS) is 13.1. The van der Waals surface area contributed by atoms with Crippen LogP contribution in [0.1, 0.15) is 12.5 Å². The number of rotatable bonds is 4. The number of amides is 1. The Hall–Kier alpha value is -1.80. The fourth-order valence-corrected chi connectivity index (χ4v) is 1.47. The zero-order chi connectivity index (χ0) is 16.5. The van der Waals surface area contributed by atoms with Crippen molar-refractivity contribution in [3.05, 3.63) is 29.8 Å². The molecule has 118 valence electrons. The summed E-state index contributed by atoms with van der Waals surface area (Å²) in [4.78, 5) is 11.2. The largest absolute Gasteiger partial charge is 0.460 e. The van der Waals surface area contributed by atoms with E-state index in [4.69, 9.17) is 0 Å². The van der Waals surface area contributed by atoms with E-state index in [2.05, 4.69) is 0 Å². The maximum absolute atomic E-state index is 13.1. The van der Waals surface area contributed by atoms with E-state index in [0.717, 1.165) is 6.07 Å². The summed E-state index contributed by atoms with van der Waals surface area (Å²) in [5.74, 6) is -15.1. The predicted octanol–water partition coefficient (Wildman–Crippen LogP) is 4.02. The van der Waals surface area contributed by atoms with Gasteiger partial charge < -0.3 is 5.32 Å². The molecule has 0 unspecified atom stereocenters. The summed E-state index contributed by atoms with van der Waals surface area (Å²) < 4.78 is 87.6. The van der Waals surface area contributed by atoms with Crippen molar-refractivity contribution in [1.29, 1.82) is 0 Å². The summed E-state index contributed by atoms with van der Waals surface area (Å²) in [5, 5.41) is 1.41. The third kappa shape index (κ3) is 3.11. The van der Waals surface area contributed by atoms with Crippen molar-refractivity contribution in [1.82, 2.24) is 0 Å². The molecule has 1 rings (SSSR count). The van der Waals surface area contributed by atoms with E-state index in [1.54, 1.807) is 6.92 Å². The van der Waals surface area contributed by atoms with Gasteiger partial charge in [-0.2, -0.15) is 30.7 Å². The van der Waals surface area contributed by atoms with Crippen LogP contribution in [0.3, 0.4) is 0 Å². The first-order valence-corrected chi connectivity index (χ1v) is 5.67. The fourth-order valence-electron chi connectivity index (χ4n) is 1.47. The van der Waals surface area contributed by atoms with Crippen LogP contribution in [0.2, 0.25) is 0 Å². The molecule has 0 heterocycles. The molecule has 0 atom stereocenters. The lowest BCUT2D eigenvalue weighted by Crippen LogP contribution is -2.57. The van der Waals surface area contributed by atoms with Crippen molar-refractivity contribution < 1.29 is 35.5 Å². The van der Waals surface area contributed by atoms with Crippen LogP contribution >= 0.6 is 0 Å². The number of halogens is 7. The van der Waals surface area contributed by atoms with Gasteiger partial charge in [0.05, 0.1) is 0 Å². The standard InChI is InChI=1S/C12H10F7NO/c1-2-7-5-3-4-6-8(7)20-9(21)10(13,14)11(15,16)12(17,18)19/h3-6H,2H2,1H3,(H,20,21). The van der Waals surface area contributed by atoms with E-state index in [9.17, 15) is 35.5 Å². The van der Waals surface area contributed by atoms with Gasteiger partial charge in [0, 0.05) is 5.69 Å². The minimum Gasteiger partial charge on any atom is -0.320 e. The highest BCUT2D eigenvalue weighted by Gasteiger charge is 2.76. The molecule has 9 heteroatoms. The Morgan fingerprint density at radius 1 is 1.05 bits per heavy atom. The highest BCUT2D eigenvalue weighted by molar-refractivity contribution is 5.97. The molecular formula is C12H10F7NO. The molecule has 0 spiro atoms. The Labute approximate surface area is 114 Å². The summed E-state index contributed by atoms with van der Waals surface area (Å²) in [5.41, 5.74) is 0.0691. The van der Waals surface area contributed by atoms with Gasteiger partial charge in [-0.15, -0.1) is 0 Å². The van der Waals surface area contributed by atoms with Crippen LogP contribution in [0, 0.1) is 0 Å². The van der Waals surface area contributed by atoms with Gasteiger partial charge in [-0.25, -0.2) is 0 Å². The number of nitrogens with one attached hydrogen (secondary N) is 1. The van der Waals surface area contributed by atoms with Gasteiger partial charge in [0.15, 0.2) is 0 Å². The lowest BCUT2D eigenvalue weighted by Gasteiger charge is -2.27. The van der Waals surface area contributed by atoms with Gasteiger partial charge in [-0.05, 0) is 18.1 Å². The van der Waals surface area contributed by atoms with Crippen molar-refractivity contribution in [2.45, 2.75) is 31.4 Å². The zero-order valence-electron chi connectivity index (χ0n) is 10.6. The van der Waals surface area contributed by atoms with Gasteiger partial charge in [0.2, 0.25) is 0 Å². The molecule has 0 aromatic heterocycles. The Balaban J connectivity index is 3.08. The highest BCUT2D eigenvalue weighted by Crippen LogP contribution is 2.46. The van der Waals surface area contributed by atoms with Crippen molar-refractivity contribution in [2.24, 2.45) is 0 Å². The number of aryl methyl sites for hydroxylation is 1. The topological polar surface area (TPSA) is 29.1 Å². The Bertz CT molecular complexity index is 525. The van der Waals surface area contributed by atoms with Crippen molar-refractivity contribution in [3.63, 3.8) is 0 Å². The number of anilines is 1. The zero-order valence-corrected chi connectivity index (χ0v) is 10.6. The van der Waals surface area contributed by atoms with Gasteiger partial charge in [0.1, 0.15) is 0 Å². The number of carbonyl (C=O) groups excluding carboxylic acids is 1. The van der Waals surface area contributed by atoms with E-state index < -0.39 is 23.9 Å². The first-order chi connectivity index (χ1) is 9.45. The monoisotopic (exact) mass is 317 g/mol. The van der Waals surface area contributed by atoms with Crippen LogP contribution in [-0.4, -0.2) is 23.9 Å². The molecule has 21 heavy (non-hydrogen) atoms. The summed E-state index contributed by atoms with van der Waals surface area (Å²) >= 11 is 0. The Morgan fingerprint density at radius 3 is 2.05 bits per heavy atom. The van der Waals surface area contributed by atoms with E-state index in [1.807, 2.05) is 0 Å². The number of para-hydroxylation sites is 1. The molecule has 0 bridgehead atoms. The summed E-state index contributed by atoms with van der Waals surface area (Å²) in [7, 11) is 0. The third-order valence-corrected chi connectivity index (χ3v) is 2.68. The molecule has 0 aliphatic carbocycles. The van der Waals surface area contributed by atoms with Crippen molar-refractivity contribution in [2.75, 3.05) is 5.32 Å². The maximum Gasteiger partial charge on any atom is 0.460 e. The van der Waals surface area contributed by atoms with Crippen LogP contribution in [0.4, 0.5) is 36.4 Å². The summed E-state index contributed by atoms with van der Waals surface area (Å²) in [6.45, 7) is 1.59. The van der Waals surface area contributed by atoms with E-state index in [1.165, 1.54) is 23.5 Å². The van der Waals surface area contributed by atoms with Crippen molar-refractivity contribution >= 4 is 11.6 Å². The highest BCUT2D eigenvalue weighted by atomic mass is 19.4. The minimum absolute atomic E-state index is 0.248. The third-order valence-electron chi connectivity index (χ3n) is 2.68. The quantitative estimate of drug-likeness (QED) is 0.835. The molecule has 1 aromatic rings. The number of hydrogen-bond acceptors (Lipinski definition) is 1. The number of alkyl halides is 7. The van der Waals surface area contributed by atoms with Crippen molar-refractivity contribution in [3.8, 4) is 0 Å². The van der Waals surface area contributed by atoms with Crippen LogP contribution in [0.25, 0.3) is 0 Å². The van der Waals surface area contributed by atoms with Gasteiger partial charge >= 0.3 is 23.9 Å².